The van der Waals surface area contributed by atoms with Gasteiger partial charge in [-0.1, -0.05) is 29.3 Å². The highest BCUT2D eigenvalue weighted by Crippen LogP contribution is 2.19. The Balaban J connectivity index is 2.52. The lowest BCUT2D eigenvalue weighted by atomic mass is 10.3. The van der Waals surface area contributed by atoms with Gasteiger partial charge in [0.2, 0.25) is 0 Å². The van der Waals surface area contributed by atoms with E-state index in [4.69, 9.17) is 0 Å². The lowest BCUT2D eigenvalue weighted by Gasteiger charge is -2.08. The number of hydrogen-bond donors (Lipinski definition) is 2. The summed E-state index contributed by atoms with van der Waals surface area (Å²) in [5, 5.41) is 5.10. The van der Waals surface area contributed by atoms with Crippen LogP contribution in [-0.4, -0.2) is 12.6 Å². The van der Waals surface area contributed by atoms with Gasteiger partial charge in [-0.2, -0.15) is 0 Å². The summed E-state index contributed by atoms with van der Waals surface area (Å²) < 4.78 is 14.0. The standard InChI is InChI=1S/C11H14BrFN2O/c1-2-3-6-14-11(16)15-10-7-8(12)4-5-9(10)13/h4-5,7H,2-3,6H2,1H3,(H2,14,15,16). The van der Waals surface area contributed by atoms with E-state index in [-0.39, 0.29) is 11.7 Å². The van der Waals surface area contributed by atoms with Crippen molar-refractivity contribution in [2.24, 2.45) is 0 Å². The molecule has 0 unspecified atom stereocenters. The lowest BCUT2D eigenvalue weighted by Crippen LogP contribution is -2.29. The largest absolute Gasteiger partial charge is 0.338 e. The minimum atomic E-state index is -0.450. The molecule has 0 heterocycles. The van der Waals surface area contributed by atoms with Gasteiger partial charge in [0.15, 0.2) is 0 Å². The summed E-state index contributed by atoms with van der Waals surface area (Å²) in [6, 6.07) is 4.01. The second-order valence-corrected chi connectivity index (χ2v) is 4.27. The first-order valence-electron chi connectivity index (χ1n) is 5.13. The number of rotatable bonds is 4. The van der Waals surface area contributed by atoms with E-state index in [2.05, 4.69) is 26.6 Å². The summed E-state index contributed by atoms with van der Waals surface area (Å²) in [4.78, 5) is 11.3. The second kappa shape index (κ2) is 6.48. The Hall–Kier alpha value is -1.10. The number of nitrogens with one attached hydrogen (secondary N) is 2. The van der Waals surface area contributed by atoms with Gasteiger partial charge in [-0.25, -0.2) is 9.18 Å². The number of halogens is 2. The predicted octanol–water partition coefficient (Wildman–Crippen LogP) is 3.51. The number of hydrogen-bond acceptors (Lipinski definition) is 1. The van der Waals surface area contributed by atoms with Crippen LogP contribution in [0.5, 0.6) is 0 Å². The maximum absolute atomic E-state index is 13.3. The average molecular weight is 289 g/mol. The highest BCUT2D eigenvalue weighted by atomic mass is 79.9. The molecule has 0 fully saturated rings. The van der Waals surface area contributed by atoms with Gasteiger partial charge in [-0.15, -0.1) is 0 Å². The molecule has 0 aliphatic rings. The van der Waals surface area contributed by atoms with E-state index in [1.54, 1.807) is 6.07 Å². The third-order valence-corrected chi connectivity index (χ3v) is 2.49. The first-order chi connectivity index (χ1) is 7.63. The molecule has 1 rings (SSSR count). The van der Waals surface area contributed by atoms with Crippen LogP contribution in [0.4, 0.5) is 14.9 Å². The van der Waals surface area contributed by atoms with Gasteiger partial charge in [0.25, 0.3) is 0 Å². The topological polar surface area (TPSA) is 41.1 Å². The van der Waals surface area contributed by atoms with Crippen molar-refractivity contribution < 1.29 is 9.18 Å². The molecule has 1 aromatic rings. The van der Waals surface area contributed by atoms with Crippen LogP contribution in [0.15, 0.2) is 22.7 Å². The van der Waals surface area contributed by atoms with E-state index in [0.717, 1.165) is 17.3 Å². The molecule has 3 nitrogen and oxygen atoms in total. The minimum absolute atomic E-state index is 0.170. The Morgan fingerprint density at radius 1 is 1.50 bits per heavy atom. The molecular formula is C11H14BrFN2O. The fraction of sp³-hybridized carbons (Fsp3) is 0.364. The van der Waals surface area contributed by atoms with Crippen LogP contribution < -0.4 is 10.6 Å². The highest BCUT2D eigenvalue weighted by molar-refractivity contribution is 9.10. The van der Waals surface area contributed by atoms with Gasteiger partial charge in [0.05, 0.1) is 5.69 Å². The molecule has 0 saturated carbocycles. The van der Waals surface area contributed by atoms with E-state index in [9.17, 15) is 9.18 Å². The van der Waals surface area contributed by atoms with Crippen LogP contribution in [0.1, 0.15) is 19.8 Å². The smallest absolute Gasteiger partial charge is 0.319 e. The molecule has 0 aliphatic carbocycles. The highest BCUT2D eigenvalue weighted by Gasteiger charge is 2.06. The molecule has 2 N–H and O–H groups in total. The first kappa shape index (κ1) is 13.0. The van der Waals surface area contributed by atoms with Crippen molar-refractivity contribution in [3.8, 4) is 0 Å². The zero-order valence-corrected chi connectivity index (χ0v) is 10.6. The van der Waals surface area contributed by atoms with Crippen LogP contribution in [0.25, 0.3) is 0 Å². The number of carbonyl (C=O) groups is 1. The van der Waals surface area contributed by atoms with Gasteiger partial charge >= 0.3 is 6.03 Å². The third-order valence-electron chi connectivity index (χ3n) is 1.99. The summed E-state index contributed by atoms with van der Waals surface area (Å²) >= 11 is 3.21. The Morgan fingerprint density at radius 3 is 2.94 bits per heavy atom. The number of amides is 2. The molecular weight excluding hydrogens is 275 g/mol. The summed E-state index contributed by atoms with van der Waals surface area (Å²) in [7, 11) is 0. The molecule has 88 valence electrons. The van der Waals surface area contributed by atoms with Crippen molar-refractivity contribution >= 4 is 27.6 Å². The van der Waals surface area contributed by atoms with Crippen LogP contribution in [0, 0.1) is 5.82 Å². The van der Waals surface area contributed by atoms with Crippen LogP contribution >= 0.6 is 15.9 Å². The second-order valence-electron chi connectivity index (χ2n) is 3.36. The van der Waals surface area contributed by atoms with Crippen molar-refractivity contribution in [3.63, 3.8) is 0 Å². The SMILES string of the molecule is CCCCNC(=O)Nc1cc(Br)ccc1F. The molecule has 0 bridgehead atoms. The van der Waals surface area contributed by atoms with E-state index >= 15 is 0 Å². The maximum atomic E-state index is 13.3. The zero-order valence-electron chi connectivity index (χ0n) is 9.02. The van der Waals surface area contributed by atoms with Crippen molar-refractivity contribution in [1.29, 1.82) is 0 Å². The Morgan fingerprint density at radius 2 is 2.25 bits per heavy atom. The first-order valence-corrected chi connectivity index (χ1v) is 5.92. The lowest BCUT2D eigenvalue weighted by molar-refractivity contribution is 0.252. The molecule has 0 spiro atoms. The third kappa shape index (κ3) is 4.18. The summed E-state index contributed by atoms with van der Waals surface area (Å²) in [6.07, 6.45) is 1.92. The zero-order chi connectivity index (χ0) is 12.0. The van der Waals surface area contributed by atoms with Crippen LogP contribution in [-0.2, 0) is 0 Å². The Labute approximate surface area is 103 Å². The Kier molecular flexibility index (Phi) is 5.25. The van der Waals surface area contributed by atoms with E-state index in [1.165, 1.54) is 12.1 Å². The molecule has 16 heavy (non-hydrogen) atoms. The quantitative estimate of drug-likeness (QED) is 0.818. The normalized spacial score (nSPS) is 9.94. The van der Waals surface area contributed by atoms with Gasteiger partial charge in [-0.3, -0.25) is 0 Å². The summed E-state index contributed by atoms with van der Waals surface area (Å²) in [5.74, 6) is -0.450. The predicted molar refractivity (Wildman–Crippen MR) is 66.0 cm³/mol. The number of urea groups is 1. The number of carbonyl (C=O) groups excluding carboxylic acids is 1. The molecule has 0 radical (unpaired) electrons. The molecule has 0 aromatic heterocycles. The van der Waals surface area contributed by atoms with Crippen LogP contribution in [0.3, 0.4) is 0 Å². The van der Waals surface area contributed by atoms with Crippen molar-refractivity contribution in [2.45, 2.75) is 19.8 Å². The van der Waals surface area contributed by atoms with Crippen molar-refractivity contribution in [2.75, 3.05) is 11.9 Å². The monoisotopic (exact) mass is 288 g/mol. The number of unbranched alkanes of at least 4 members (excludes halogenated alkanes) is 1. The van der Waals surface area contributed by atoms with Crippen LogP contribution in [0.2, 0.25) is 0 Å². The molecule has 1 aromatic carbocycles. The number of benzene rings is 1. The fourth-order valence-corrected chi connectivity index (χ4v) is 1.50. The summed E-state index contributed by atoms with van der Waals surface area (Å²) in [5.41, 5.74) is 0.170. The minimum Gasteiger partial charge on any atom is -0.338 e. The van der Waals surface area contributed by atoms with E-state index in [0.29, 0.717) is 6.54 Å². The van der Waals surface area contributed by atoms with Gasteiger partial charge in [0.1, 0.15) is 5.82 Å². The average Bonchev–Trinajstić information content (AvgIpc) is 2.24. The van der Waals surface area contributed by atoms with Gasteiger partial charge in [0, 0.05) is 11.0 Å². The summed E-state index contributed by atoms with van der Waals surface area (Å²) in [6.45, 7) is 2.63. The Bertz CT molecular complexity index is 371. The molecule has 0 saturated heterocycles. The van der Waals surface area contributed by atoms with E-state index in [1.807, 2.05) is 6.92 Å². The molecule has 2 amide bonds. The molecule has 0 atom stereocenters. The number of anilines is 1. The van der Waals surface area contributed by atoms with Gasteiger partial charge in [-0.05, 0) is 24.6 Å². The van der Waals surface area contributed by atoms with Gasteiger partial charge < -0.3 is 10.6 Å². The fourth-order valence-electron chi connectivity index (χ4n) is 1.14. The maximum Gasteiger partial charge on any atom is 0.319 e. The van der Waals surface area contributed by atoms with Crippen molar-refractivity contribution in [1.82, 2.24) is 5.32 Å². The van der Waals surface area contributed by atoms with E-state index < -0.39 is 5.82 Å². The molecule has 0 aliphatic heterocycles. The molecule has 5 heteroatoms. The van der Waals surface area contributed by atoms with Crippen molar-refractivity contribution in [3.05, 3.63) is 28.5 Å².